The maximum absolute atomic E-state index is 13.3. The molecule has 3 heterocycles. The highest BCUT2D eigenvalue weighted by Crippen LogP contribution is 2.32. The molecule has 0 saturated heterocycles. The van der Waals surface area contributed by atoms with Gasteiger partial charge in [0.2, 0.25) is 5.91 Å². The van der Waals surface area contributed by atoms with Gasteiger partial charge < -0.3 is 5.32 Å². The number of hydrogen-bond acceptors (Lipinski definition) is 7. The fourth-order valence-electron chi connectivity index (χ4n) is 2.93. The molecule has 30 heavy (non-hydrogen) atoms. The average Bonchev–Trinajstić information content (AvgIpc) is 3.35. The van der Waals surface area contributed by atoms with E-state index in [1.807, 2.05) is 48.0 Å². The van der Waals surface area contributed by atoms with Gasteiger partial charge in [0.15, 0.2) is 10.3 Å². The lowest BCUT2D eigenvalue weighted by Gasteiger charge is -2.10. The summed E-state index contributed by atoms with van der Waals surface area (Å²) in [6.45, 7) is 5.95. The number of nitrogens with zero attached hydrogens (tertiary/aromatic N) is 3. The molecule has 6 nitrogen and oxygen atoms in total. The van der Waals surface area contributed by atoms with E-state index in [2.05, 4.69) is 21.9 Å². The molecular formula is C21H18N4O2S3. The quantitative estimate of drug-likeness (QED) is 0.246. The SMILES string of the molecule is C=CCn1c(SCC(=O)Nc2nc(C)cs2)nc2scc(-c3ccccc3)c2c1=O. The van der Waals surface area contributed by atoms with Crippen LogP contribution in [0.25, 0.3) is 21.3 Å². The third kappa shape index (κ3) is 4.23. The van der Waals surface area contributed by atoms with Crippen molar-refractivity contribution in [3.63, 3.8) is 0 Å². The summed E-state index contributed by atoms with van der Waals surface area (Å²) in [5.74, 6) is -0.0602. The second-order valence-electron chi connectivity index (χ2n) is 6.43. The lowest BCUT2D eigenvalue weighted by Crippen LogP contribution is -2.23. The normalized spacial score (nSPS) is 11.0. The van der Waals surface area contributed by atoms with E-state index in [9.17, 15) is 9.59 Å². The maximum atomic E-state index is 13.3. The lowest BCUT2D eigenvalue weighted by atomic mass is 10.1. The van der Waals surface area contributed by atoms with Crippen molar-refractivity contribution >= 4 is 55.7 Å². The number of fused-ring (bicyclic) bond motifs is 1. The van der Waals surface area contributed by atoms with E-state index in [0.717, 1.165) is 16.8 Å². The summed E-state index contributed by atoms with van der Waals surface area (Å²) >= 11 is 4.04. The van der Waals surface area contributed by atoms with Crippen molar-refractivity contribution in [2.75, 3.05) is 11.1 Å². The number of aryl methyl sites for hydroxylation is 1. The van der Waals surface area contributed by atoms with Crippen molar-refractivity contribution in [2.45, 2.75) is 18.6 Å². The third-order valence-electron chi connectivity index (χ3n) is 4.25. The summed E-state index contributed by atoms with van der Waals surface area (Å²) in [7, 11) is 0. The molecule has 0 saturated carbocycles. The summed E-state index contributed by atoms with van der Waals surface area (Å²) in [4.78, 5) is 35.2. The molecule has 4 rings (SSSR count). The molecule has 0 aliphatic rings. The standard InChI is InChI=1S/C21H18N4O2S3/c1-3-9-25-19(27)17-15(14-7-5-4-6-8-14)11-28-18(17)24-21(25)30-12-16(26)23-20-22-13(2)10-29-20/h3-8,10-11H,1,9,12H2,2H3,(H,22,23,26). The van der Waals surface area contributed by atoms with Gasteiger partial charge in [0, 0.05) is 22.9 Å². The number of thioether (sulfide) groups is 1. The molecule has 4 aromatic rings. The number of hydrogen-bond donors (Lipinski definition) is 1. The second-order valence-corrected chi connectivity index (χ2v) is 9.08. The van der Waals surface area contributed by atoms with Crippen LogP contribution in [0.5, 0.6) is 0 Å². The number of nitrogens with one attached hydrogen (secondary N) is 1. The minimum absolute atomic E-state index is 0.126. The number of thiophene rings is 1. The molecule has 0 unspecified atom stereocenters. The molecular weight excluding hydrogens is 436 g/mol. The summed E-state index contributed by atoms with van der Waals surface area (Å²) in [5, 5.41) is 8.27. The van der Waals surface area contributed by atoms with Gasteiger partial charge in [-0.2, -0.15) is 0 Å². The van der Waals surface area contributed by atoms with E-state index >= 15 is 0 Å². The lowest BCUT2D eigenvalue weighted by molar-refractivity contribution is -0.113. The van der Waals surface area contributed by atoms with E-state index in [-0.39, 0.29) is 17.2 Å². The van der Waals surface area contributed by atoms with Crippen LogP contribution in [0.1, 0.15) is 5.69 Å². The minimum atomic E-state index is -0.190. The third-order valence-corrected chi connectivity index (χ3v) is 6.98. The van der Waals surface area contributed by atoms with Gasteiger partial charge in [-0.25, -0.2) is 9.97 Å². The molecule has 0 spiro atoms. The summed E-state index contributed by atoms with van der Waals surface area (Å²) in [5.41, 5.74) is 2.59. The number of allylic oxidation sites excluding steroid dienone is 1. The maximum Gasteiger partial charge on any atom is 0.263 e. The van der Waals surface area contributed by atoms with Crippen molar-refractivity contribution < 1.29 is 4.79 Å². The summed E-state index contributed by atoms with van der Waals surface area (Å²) in [6, 6.07) is 9.79. The highest BCUT2D eigenvalue weighted by atomic mass is 32.2. The molecule has 1 amide bonds. The van der Waals surface area contributed by atoms with E-state index in [4.69, 9.17) is 0 Å². The Kier molecular flexibility index (Phi) is 6.12. The van der Waals surface area contributed by atoms with Gasteiger partial charge in [-0.3, -0.25) is 14.2 Å². The Hall–Kier alpha value is -2.75. The van der Waals surface area contributed by atoms with Crippen molar-refractivity contribution in [1.29, 1.82) is 0 Å². The first-order valence-electron chi connectivity index (χ1n) is 9.10. The van der Waals surface area contributed by atoms with Gasteiger partial charge in [-0.05, 0) is 12.5 Å². The molecule has 0 radical (unpaired) electrons. The molecule has 3 aromatic heterocycles. The van der Waals surface area contributed by atoms with Crippen LogP contribution >= 0.6 is 34.4 Å². The number of carbonyl (C=O) groups excluding carboxylic acids is 1. The Labute approximate surface area is 185 Å². The topological polar surface area (TPSA) is 76.9 Å². The summed E-state index contributed by atoms with van der Waals surface area (Å²) in [6.07, 6.45) is 1.66. The molecule has 0 atom stereocenters. The van der Waals surface area contributed by atoms with Gasteiger partial charge >= 0.3 is 0 Å². The van der Waals surface area contributed by atoms with E-state index in [1.54, 1.807) is 10.6 Å². The zero-order valence-electron chi connectivity index (χ0n) is 16.1. The first kappa shape index (κ1) is 20.5. The molecule has 1 aromatic carbocycles. The van der Waals surface area contributed by atoms with Crippen LogP contribution in [-0.4, -0.2) is 26.2 Å². The fraction of sp³-hybridized carbons (Fsp3) is 0.143. The monoisotopic (exact) mass is 454 g/mol. The van der Waals surface area contributed by atoms with Crippen LogP contribution in [0.3, 0.4) is 0 Å². The predicted molar refractivity (Wildman–Crippen MR) is 126 cm³/mol. The average molecular weight is 455 g/mol. The zero-order chi connectivity index (χ0) is 21.1. The molecule has 0 aliphatic heterocycles. The first-order chi connectivity index (χ1) is 14.6. The number of amides is 1. The number of aromatic nitrogens is 3. The van der Waals surface area contributed by atoms with Crippen LogP contribution in [0, 0.1) is 6.92 Å². The minimum Gasteiger partial charge on any atom is -0.301 e. The van der Waals surface area contributed by atoms with Crippen molar-refractivity contribution in [2.24, 2.45) is 0 Å². The van der Waals surface area contributed by atoms with Crippen LogP contribution in [0.15, 0.2) is 63.7 Å². The molecule has 0 aliphatic carbocycles. The highest BCUT2D eigenvalue weighted by Gasteiger charge is 2.18. The number of thiazole rings is 1. The Balaban J connectivity index is 1.64. The molecule has 0 fully saturated rings. The van der Waals surface area contributed by atoms with Crippen molar-refractivity contribution in [3.8, 4) is 11.1 Å². The Morgan fingerprint density at radius 1 is 1.23 bits per heavy atom. The molecule has 152 valence electrons. The van der Waals surface area contributed by atoms with Crippen molar-refractivity contribution in [3.05, 3.63) is 69.8 Å². The van der Waals surface area contributed by atoms with Gasteiger partial charge in [0.05, 0.1) is 16.8 Å². The summed E-state index contributed by atoms with van der Waals surface area (Å²) < 4.78 is 1.57. The molecule has 9 heteroatoms. The number of rotatable bonds is 7. The van der Waals surface area contributed by atoms with Crippen molar-refractivity contribution in [1.82, 2.24) is 14.5 Å². The Morgan fingerprint density at radius 3 is 2.73 bits per heavy atom. The number of anilines is 1. The van der Waals surface area contributed by atoms with E-state index < -0.39 is 0 Å². The largest absolute Gasteiger partial charge is 0.301 e. The van der Waals surface area contributed by atoms with Crippen LogP contribution in [-0.2, 0) is 11.3 Å². The fourth-order valence-corrected chi connectivity index (χ4v) is 5.43. The van der Waals surface area contributed by atoms with Crippen LogP contribution < -0.4 is 10.9 Å². The van der Waals surface area contributed by atoms with Gasteiger partial charge in [0.1, 0.15) is 4.83 Å². The van der Waals surface area contributed by atoms with Crippen LogP contribution in [0.2, 0.25) is 0 Å². The molecule has 0 bridgehead atoms. The number of carbonyl (C=O) groups is 1. The van der Waals surface area contributed by atoms with Gasteiger partial charge in [-0.1, -0.05) is 48.2 Å². The molecule has 1 N–H and O–H groups in total. The van der Waals surface area contributed by atoms with E-state index in [1.165, 1.54) is 34.4 Å². The Bertz CT molecular complexity index is 1270. The van der Waals surface area contributed by atoms with Gasteiger partial charge in [-0.15, -0.1) is 29.3 Å². The number of benzene rings is 1. The first-order valence-corrected chi connectivity index (χ1v) is 11.8. The highest BCUT2D eigenvalue weighted by molar-refractivity contribution is 7.99. The predicted octanol–water partition coefficient (Wildman–Crippen LogP) is 4.81. The Morgan fingerprint density at radius 2 is 2.03 bits per heavy atom. The van der Waals surface area contributed by atoms with E-state index in [0.29, 0.717) is 27.0 Å². The van der Waals surface area contributed by atoms with Gasteiger partial charge in [0.25, 0.3) is 5.56 Å². The van der Waals surface area contributed by atoms with Crippen LogP contribution in [0.4, 0.5) is 5.13 Å². The second kappa shape index (κ2) is 8.95. The smallest absolute Gasteiger partial charge is 0.263 e. The zero-order valence-corrected chi connectivity index (χ0v) is 18.6.